The van der Waals surface area contributed by atoms with Gasteiger partial charge in [-0.1, -0.05) is 29.8 Å². The van der Waals surface area contributed by atoms with Crippen LogP contribution in [-0.4, -0.2) is 27.4 Å². The Bertz CT molecular complexity index is 1000. The van der Waals surface area contributed by atoms with Crippen LogP contribution >= 0.6 is 11.6 Å². The summed E-state index contributed by atoms with van der Waals surface area (Å²) in [4.78, 5) is 12.0. The first-order valence-electron chi connectivity index (χ1n) is 7.88. The quantitative estimate of drug-likeness (QED) is 0.657. The van der Waals surface area contributed by atoms with Crippen LogP contribution in [0.2, 0.25) is 5.02 Å². The van der Waals surface area contributed by atoms with Gasteiger partial charge in [-0.25, -0.2) is 0 Å². The molecule has 0 spiro atoms. The zero-order valence-corrected chi connectivity index (χ0v) is 14.8. The van der Waals surface area contributed by atoms with Crippen LogP contribution in [0.4, 0.5) is 18.9 Å². The Morgan fingerprint density at radius 2 is 1.93 bits per heavy atom. The molecule has 0 bridgehead atoms. The second-order valence-corrected chi connectivity index (χ2v) is 6.02. The zero-order chi connectivity index (χ0) is 20.3. The first kappa shape index (κ1) is 19.6. The van der Waals surface area contributed by atoms with E-state index in [0.29, 0.717) is 11.8 Å². The molecule has 0 radical (unpaired) electrons. The molecule has 6 nitrogen and oxygen atoms in total. The number of aromatic hydroxyl groups is 1. The van der Waals surface area contributed by atoms with E-state index in [1.807, 2.05) is 0 Å². The van der Waals surface area contributed by atoms with Crippen LogP contribution in [0.5, 0.6) is 11.6 Å². The van der Waals surface area contributed by atoms with Crippen molar-refractivity contribution in [3.63, 3.8) is 0 Å². The Hall–Kier alpha value is -3.20. The number of ether oxygens (including phenoxy) is 1. The van der Waals surface area contributed by atoms with E-state index < -0.39 is 24.4 Å². The molecule has 1 aromatic heterocycles. The largest absolute Gasteiger partial charge is 0.508 e. The number of anilines is 1. The van der Waals surface area contributed by atoms with Gasteiger partial charge in [0.1, 0.15) is 5.75 Å². The third kappa shape index (κ3) is 4.55. The second-order valence-electron chi connectivity index (χ2n) is 5.62. The van der Waals surface area contributed by atoms with Crippen LogP contribution in [0, 0.1) is 0 Å². The van der Waals surface area contributed by atoms with Gasteiger partial charge in [-0.3, -0.25) is 4.79 Å². The number of benzene rings is 2. The lowest BCUT2D eigenvalue weighted by Crippen LogP contribution is -2.21. The summed E-state index contributed by atoms with van der Waals surface area (Å²) >= 11 is 6.04. The highest BCUT2D eigenvalue weighted by Gasteiger charge is 2.36. The molecule has 10 heteroatoms. The van der Waals surface area contributed by atoms with Gasteiger partial charge in [0, 0.05) is 17.8 Å². The van der Waals surface area contributed by atoms with E-state index >= 15 is 0 Å². The van der Waals surface area contributed by atoms with Gasteiger partial charge in [0.2, 0.25) is 5.88 Å². The number of hydrogen-bond donors (Lipinski definition) is 2. The monoisotopic (exact) mass is 411 g/mol. The van der Waals surface area contributed by atoms with Crippen LogP contribution in [0.15, 0.2) is 54.6 Å². The fourth-order valence-corrected chi connectivity index (χ4v) is 2.54. The Balaban J connectivity index is 1.81. The summed E-state index contributed by atoms with van der Waals surface area (Å²) in [7, 11) is 0. The molecule has 3 rings (SSSR count). The molecule has 0 aliphatic heterocycles. The molecule has 0 saturated heterocycles. The van der Waals surface area contributed by atoms with Crippen molar-refractivity contribution in [3.8, 4) is 17.3 Å². The third-order valence-electron chi connectivity index (χ3n) is 3.53. The summed E-state index contributed by atoms with van der Waals surface area (Å²) in [5.74, 6) is -0.983. The number of hydrogen-bond acceptors (Lipinski definition) is 4. The van der Waals surface area contributed by atoms with E-state index in [4.69, 9.17) is 16.3 Å². The molecule has 0 atom stereocenters. The predicted octanol–water partition coefficient (Wildman–Crippen LogP) is 4.27. The van der Waals surface area contributed by atoms with E-state index in [1.165, 1.54) is 36.4 Å². The molecular formula is C18H13ClF3N3O3. The molecule has 2 aromatic carbocycles. The minimum absolute atomic E-state index is 0.0506. The van der Waals surface area contributed by atoms with Crippen LogP contribution in [0.1, 0.15) is 5.69 Å². The van der Waals surface area contributed by atoms with Gasteiger partial charge in [0.05, 0.1) is 10.7 Å². The smallest absolute Gasteiger partial charge is 0.435 e. The maximum atomic E-state index is 13.1. The molecular weight excluding hydrogens is 399 g/mol. The van der Waals surface area contributed by atoms with Crippen LogP contribution in [0.3, 0.4) is 0 Å². The predicted molar refractivity (Wildman–Crippen MR) is 95.8 cm³/mol. The number of phenolic OH excluding ortho intramolecular Hbond substituents is 1. The van der Waals surface area contributed by atoms with Crippen molar-refractivity contribution in [2.45, 2.75) is 6.18 Å². The van der Waals surface area contributed by atoms with Crippen molar-refractivity contribution in [2.24, 2.45) is 0 Å². The number of phenols is 1. The van der Waals surface area contributed by atoms with E-state index in [2.05, 4.69) is 10.4 Å². The van der Waals surface area contributed by atoms with Crippen molar-refractivity contribution >= 4 is 23.2 Å². The molecule has 0 saturated carbocycles. The summed E-state index contributed by atoms with van der Waals surface area (Å²) in [6.07, 6.45) is -4.70. The Morgan fingerprint density at radius 3 is 2.61 bits per heavy atom. The molecule has 146 valence electrons. The summed E-state index contributed by atoms with van der Waals surface area (Å²) in [6.45, 7) is -0.580. The summed E-state index contributed by atoms with van der Waals surface area (Å²) < 4.78 is 45.3. The number of alkyl halides is 3. The van der Waals surface area contributed by atoms with Gasteiger partial charge in [-0.05, 0) is 24.3 Å². The van der Waals surface area contributed by atoms with Crippen molar-refractivity contribution < 1.29 is 27.8 Å². The minimum atomic E-state index is -4.70. The van der Waals surface area contributed by atoms with E-state index in [1.54, 1.807) is 12.1 Å². The number of rotatable bonds is 5. The Morgan fingerprint density at radius 1 is 1.18 bits per heavy atom. The van der Waals surface area contributed by atoms with Gasteiger partial charge < -0.3 is 15.2 Å². The third-order valence-corrected chi connectivity index (χ3v) is 3.85. The number of amides is 1. The van der Waals surface area contributed by atoms with Crippen molar-refractivity contribution in [1.82, 2.24) is 9.78 Å². The molecule has 0 aliphatic carbocycles. The van der Waals surface area contributed by atoms with Gasteiger partial charge in [0.15, 0.2) is 12.3 Å². The molecule has 0 aliphatic rings. The number of carbonyl (C=O) groups excluding carboxylic acids is 1. The topological polar surface area (TPSA) is 76.4 Å². The Labute approximate surface area is 162 Å². The number of carbonyl (C=O) groups is 1. The highest BCUT2D eigenvalue weighted by molar-refractivity contribution is 6.32. The van der Waals surface area contributed by atoms with Crippen molar-refractivity contribution in [2.75, 3.05) is 11.9 Å². The van der Waals surface area contributed by atoms with Crippen molar-refractivity contribution in [3.05, 3.63) is 65.3 Å². The van der Waals surface area contributed by atoms with Gasteiger partial charge in [0.25, 0.3) is 5.91 Å². The average molecular weight is 412 g/mol. The highest BCUT2D eigenvalue weighted by atomic mass is 35.5. The standard InChI is InChI=1S/C18H13ClF3N3O3/c19-13-6-1-2-7-14(13)25-17(9-15(24-25)18(20,21)22)28-10-16(27)23-11-4-3-5-12(26)8-11/h1-9,26H,10H2,(H,23,27). The van der Waals surface area contributed by atoms with Gasteiger partial charge >= 0.3 is 6.18 Å². The molecule has 28 heavy (non-hydrogen) atoms. The van der Waals surface area contributed by atoms with Gasteiger partial charge in [-0.2, -0.15) is 23.0 Å². The number of nitrogens with zero attached hydrogens (tertiary/aromatic N) is 2. The zero-order valence-electron chi connectivity index (χ0n) is 14.1. The summed E-state index contributed by atoms with van der Waals surface area (Å²) in [6, 6.07) is 12.6. The minimum Gasteiger partial charge on any atom is -0.508 e. The second kappa shape index (κ2) is 7.81. The van der Waals surface area contributed by atoms with E-state index in [0.717, 1.165) is 4.68 Å². The molecule has 1 heterocycles. The molecule has 0 fully saturated rings. The number of aromatic nitrogens is 2. The molecule has 2 N–H and O–H groups in total. The lowest BCUT2D eigenvalue weighted by Gasteiger charge is -2.10. The average Bonchev–Trinajstić information content (AvgIpc) is 3.05. The van der Waals surface area contributed by atoms with Crippen LogP contribution < -0.4 is 10.1 Å². The normalized spacial score (nSPS) is 11.3. The van der Waals surface area contributed by atoms with Crippen molar-refractivity contribution in [1.29, 1.82) is 0 Å². The number of nitrogens with one attached hydrogen (secondary N) is 1. The molecule has 0 unspecified atom stereocenters. The first-order chi connectivity index (χ1) is 13.2. The maximum absolute atomic E-state index is 13.1. The lowest BCUT2D eigenvalue weighted by atomic mass is 10.3. The maximum Gasteiger partial charge on any atom is 0.435 e. The number of para-hydroxylation sites is 1. The lowest BCUT2D eigenvalue weighted by molar-refractivity contribution is -0.141. The molecule has 1 amide bonds. The van der Waals surface area contributed by atoms with E-state index in [-0.39, 0.29) is 22.3 Å². The first-order valence-corrected chi connectivity index (χ1v) is 8.25. The fraction of sp³-hybridized carbons (Fsp3) is 0.111. The fourth-order valence-electron chi connectivity index (χ4n) is 2.32. The van der Waals surface area contributed by atoms with E-state index in [9.17, 15) is 23.1 Å². The summed E-state index contributed by atoms with van der Waals surface area (Å²) in [5, 5.41) is 15.5. The van der Waals surface area contributed by atoms with Crippen LogP contribution in [0.25, 0.3) is 5.69 Å². The number of halogens is 4. The van der Waals surface area contributed by atoms with Gasteiger partial charge in [-0.15, -0.1) is 0 Å². The summed E-state index contributed by atoms with van der Waals surface area (Å²) in [5.41, 5.74) is -0.706. The Kier molecular flexibility index (Phi) is 5.46. The molecule has 3 aromatic rings. The SMILES string of the molecule is O=C(COc1cc(C(F)(F)F)nn1-c1ccccc1Cl)Nc1cccc(O)c1. The highest BCUT2D eigenvalue weighted by Crippen LogP contribution is 2.33. The van der Waals surface area contributed by atoms with Crippen LogP contribution in [-0.2, 0) is 11.0 Å².